The first-order valence-electron chi connectivity index (χ1n) is 6.41. The van der Waals surface area contributed by atoms with Gasteiger partial charge >= 0.3 is 0 Å². The average molecular weight is 301 g/mol. The van der Waals surface area contributed by atoms with E-state index in [1.807, 2.05) is 6.07 Å². The highest BCUT2D eigenvalue weighted by atomic mass is 35.5. The third kappa shape index (κ3) is 4.90. The van der Waals surface area contributed by atoms with Crippen molar-refractivity contribution < 1.29 is 14.3 Å². The Kier molecular flexibility index (Phi) is 6.61. The molecule has 1 rings (SSSR count). The van der Waals surface area contributed by atoms with E-state index < -0.39 is 0 Å². The summed E-state index contributed by atoms with van der Waals surface area (Å²) in [5.74, 6) is 0.668. The van der Waals surface area contributed by atoms with Crippen LogP contribution in [0, 0.1) is 0 Å². The third-order valence-electron chi connectivity index (χ3n) is 2.63. The fourth-order valence-corrected chi connectivity index (χ4v) is 1.84. The predicted octanol–water partition coefficient (Wildman–Crippen LogP) is 1.97. The second-order valence-corrected chi connectivity index (χ2v) is 5.01. The molecule has 0 bridgehead atoms. The predicted molar refractivity (Wildman–Crippen MR) is 79.5 cm³/mol. The standard InChI is InChI=1S/C14H21ClN2O3/c1-9(2)17-7-10-5-11(15)14(12(6-10)19-4)20-8-13(18)16-3/h5-6,9,17H,7-8H2,1-4H3,(H,16,18). The maximum Gasteiger partial charge on any atom is 0.257 e. The van der Waals surface area contributed by atoms with E-state index in [1.165, 1.54) is 7.11 Å². The first kappa shape index (κ1) is 16.6. The zero-order chi connectivity index (χ0) is 15.1. The summed E-state index contributed by atoms with van der Waals surface area (Å²) in [6.07, 6.45) is 0. The number of ether oxygens (including phenoxy) is 2. The van der Waals surface area contributed by atoms with Gasteiger partial charge in [0.05, 0.1) is 12.1 Å². The van der Waals surface area contributed by atoms with Crippen LogP contribution in [-0.4, -0.2) is 32.7 Å². The Hall–Kier alpha value is -1.46. The van der Waals surface area contributed by atoms with Gasteiger partial charge in [-0.1, -0.05) is 25.4 Å². The van der Waals surface area contributed by atoms with Crippen molar-refractivity contribution in [1.29, 1.82) is 0 Å². The highest BCUT2D eigenvalue weighted by Crippen LogP contribution is 2.36. The Balaban J connectivity index is 2.87. The van der Waals surface area contributed by atoms with Crippen molar-refractivity contribution in [2.24, 2.45) is 0 Å². The fourth-order valence-electron chi connectivity index (χ4n) is 1.55. The number of methoxy groups -OCH3 is 1. The first-order valence-corrected chi connectivity index (χ1v) is 6.78. The molecule has 0 spiro atoms. The quantitative estimate of drug-likeness (QED) is 0.808. The lowest BCUT2D eigenvalue weighted by atomic mass is 10.2. The molecule has 0 aliphatic carbocycles. The van der Waals surface area contributed by atoms with Crippen molar-refractivity contribution in [2.75, 3.05) is 20.8 Å². The minimum absolute atomic E-state index is 0.101. The summed E-state index contributed by atoms with van der Waals surface area (Å²) in [6, 6.07) is 4.03. The normalized spacial score (nSPS) is 10.5. The van der Waals surface area contributed by atoms with Crippen LogP contribution in [0.2, 0.25) is 5.02 Å². The SMILES string of the molecule is CNC(=O)COc1c(Cl)cc(CNC(C)C)cc1OC. The third-order valence-corrected chi connectivity index (χ3v) is 2.91. The molecule has 0 atom stereocenters. The molecule has 1 aromatic carbocycles. The minimum atomic E-state index is -0.228. The topological polar surface area (TPSA) is 59.6 Å². The van der Waals surface area contributed by atoms with Gasteiger partial charge < -0.3 is 20.1 Å². The lowest BCUT2D eigenvalue weighted by Gasteiger charge is -2.15. The summed E-state index contributed by atoms with van der Waals surface area (Å²) in [7, 11) is 3.09. The zero-order valence-corrected chi connectivity index (χ0v) is 13.0. The molecule has 0 saturated heterocycles. The monoisotopic (exact) mass is 300 g/mol. The van der Waals surface area contributed by atoms with Crippen LogP contribution in [-0.2, 0) is 11.3 Å². The largest absolute Gasteiger partial charge is 0.493 e. The molecule has 0 unspecified atom stereocenters. The summed E-state index contributed by atoms with van der Waals surface area (Å²) in [6.45, 7) is 4.72. The van der Waals surface area contributed by atoms with Crippen molar-refractivity contribution in [2.45, 2.75) is 26.4 Å². The van der Waals surface area contributed by atoms with E-state index in [-0.39, 0.29) is 12.5 Å². The summed E-state index contributed by atoms with van der Waals surface area (Å²) in [4.78, 5) is 11.2. The van der Waals surface area contributed by atoms with Gasteiger partial charge in [-0.15, -0.1) is 0 Å². The van der Waals surface area contributed by atoms with Crippen LogP contribution in [0.4, 0.5) is 0 Å². The zero-order valence-electron chi connectivity index (χ0n) is 12.2. The molecule has 5 nitrogen and oxygen atoms in total. The number of rotatable bonds is 7. The van der Waals surface area contributed by atoms with Crippen molar-refractivity contribution >= 4 is 17.5 Å². The molecule has 112 valence electrons. The Labute approximate surface area is 124 Å². The Morgan fingerprint density at radius 3 is 2.65 bits per heavy atom. The van der Waals surface area contributed by atoms with Gasteiger partial charge in [0.1, 0.15) is 0 Å². The molecule has 0 aliphatic rings. The molecule has 6 heteroatoms. The maximum absolute atomic E-state index is 11.2. The fraction of sp³-hybridized carbons (Fsp3) is 0.500. The van der Waals surface area contributed by atoms with Gasteiger partial charge in [0.15, 0.2) is 18.1 Å². The van der Waals surface area contributed by atoms with Crippen molar-refractivity contribution in [3.05, 3.63) is 22.7 Å². The van der Waals surface area contributed by atoms with Gasteiger partial charge in [0, 0.05) is 19.6 Å². The summed E-state index contributed by atoms with van der Waals surface area (Å²) < 4.78 is 10.7. The van der Waals surface area contributed by atoms with Gasteiger partial charge in [-0.25, -0.2) is 0 Å². The number of halogens is 1. The number of hydrogen-bond donors (Lipinski definition) is 2. The second kappa shape index (κ2) is 7.97. The number of carbonyl (C=O) groups is 1. The molecule has 0 heterocycles. The Bertz CT molecular complexity index is 464. The molecule has 0 saturated carbocycles. The number of likely N-dealkylation sites (N-methyl/N-ethyl adjacent to an activating group) is 1. The van der Waals surface area contributed by atoms with Crippen molar-refractivity contribution in [1.82, 2.24) is 10.6 Å². The summed E-state index contributed by atoms with van der Waals surface area (Å²) in [5.41, 5.74) is 0.993. The lowest BCUT2D eigenvalue weighted by Crippen LogP contribution is -2.25. The van der Waals surface area contributed by atoms with Crippen LogP contribution in [0.1, 0.15) is 19.4 Å². The number of carbonyl (C=O) groups excluding carboxylic acids is 1. The van der Waals surface area contributed by atoms with Gasteiger partial charge in [-0.3, -0.25) is 4.79 Å². The minimum Gasteiger partial charge on any atom is -0.493 e. The highest BCUT2D eigenvalue weighted by molar-refractivity contribution is 6.32. The molecule has 1 aromatic rings. The number of nitrogens with one attached hydrogen (secondary N) is 2. The van der Waals surface area contributed by atoms with E-state index in [1.54, 1.807) is 13.1 Å². The summed E-state index contributed by atoms with van der Waals surface area (Å²) in [5, 5.41) is 6.20. The van der Waals surface area contributed by atoms with E-state index in [0.29, 0.717) is 29.1 Å². The van der Waals surface area contributed by atoms with E-state index in [0.717, 1.165) is 5.56 Å². The first-order chi connectivity index (χ1) is 9.47. The molecule has 1 amide bonds. The van der Waals surface area contributed by atoms with Crippen molar-refractivity contribution in [3.8, 4) is 11.5 Å². The second-order valence-electron chi connectivity index (χ2n) is 4.61. The highest BCUT2D eigenvalue weighted by Gasteiger charge is 2.13. The number of hydrogen-bond acceptors (Lipinski definition) is 4. The molecule has 0 radical (unpaired) electrons. The lowest BCUT2D eigenvalue weighted by molar-refractivity contribution is -0.122. The van der Waals surface area contributed by atoms with Crippen LogP contribution in [0.15, 0.2) is 12.1 Å². The van der Waals surface area contributed by atoms with Crippen LogP contribution >= 0.6 is 11.6 Å². The molecule has 0 aliphatic heterocycles. The Morgan fingerprint density at radius 2 is 2.10 bits per heavy atom. The van der Waals surface area contributed by atoms with E-state index in [2.05, 4.69) is 24.5 Å². The van der Waals surface area contributed by atoms with Crippen molar-refractivity contribution in [3.63, 3.8) is 0 Å². The van der Waals surface area contributed by atoms with Crippen LogP contribution in [0.5, 0.6) is 11.5 Å². The number of amides is 1. The van der Waals surface area contributed by atoms with E-state index in [9.17, 15) is 4.79 Å². The molecular formula is C14H21ClN2O3. The van der Waals surface area contributed by atoms with Gasteiger partial charge in [-0.05, 0) is 17.7 Å². The van der Waals surface area contributed by atoms with Crippen LogP contribution in [0.3, 0.4) is 0 Å². The van der Waals surface area contributed by atoms with Gasteiger partial charge in [0.25, 0.3) is 5.91 Å². The van der Waals surface area contributed by atoms with Crippen LogP contribution in [0.25, 0.3) is 0 Å². The van der Waals surface area contributed by atoms with E-state index in [4.69, 9.17) is 21.1 Å². The molecule has 20 heavy (non-hydrogen) atoms. The molecule has 0 aromatic heterocycles. The smallest absolute Gasteiger partial charge is 0.257 e. The molecule has 0 fully saturated rings. The number of benzene rings is 1. The Morgan fingerprint density at radius 1 is 1.40 bits per heavy atom. The van der Waals surface area contributed by atoms with E-state index >= 15 is 0 Å². The van der Waals surface area contributed by atoms with Crippen LogP contribution < -0.4 is 20.1 Å². The molecule has 2 N–H and O–H groups in total. The van der Waals surface area contributed by atoms with Gasteiger partial charge in [-0.2, -0.15) is 0 Å². The average Bonchev–Trinajstić information content (AvgIpc) is 2.42. The summed E-state index contributed by atoms with van der Waals surface area (Å²) >= 11 is 6.19. The van der Waals surface area contributed by atoms with Gasteiger partial charge in [0.2, 0.25) is 0 Å². The maximum atomic E-state index is 11.2. The molecular weight excluding hydrogens is 280 g/mol.